The molecule has 1 aromatic heterocycles. The number of hydrogen-bond donors (Lipinski definition) is 0. The standard InChI is InChI=1S/C9H12N4/c1-2-5-13-7-10-6-8-9(13)12-4-3-11-8/h3-4,6H,2,5,7H2,1H3. The summed E-state index contributed by atoms with van der Waals surface area (Å²) in [4.78, 5) is 14.8. The molecule has 0 unspecified atom stereocenters. The van der Waals surface area contributed by atoms with E-state index in [1.807, 2.05) is 0 Å². The highest BCUT2D eigenvalue weighted by molar-refractivity contribution is 5.85. The van der Waals surface area contributed by atoms with Gasteiger partial charge in [0.25, 0.3) is 0 Å². The van der Waals surface area contributed by atoms with E-state index in [1.54, 1.807) is 18.6 Å². The molecule has 0 bridgehead atoms. The third-order valence-corrected chi connectivity index (χ3v) is 1.97. The zero-order chi connectivity index (χ0) is 9.10. The van der Waals surface area contributed by atoms with Crippen LogP contribution in [0.25, 0.3) is 0 Å². The SMILES string of the molecule is CCCN1CN=Cc2nccnc21. The molecule has 1 aliphatic rings. The maximum absolute atomic E-state index is 4.29. The Hall–Kier alpha value is -1.45. The van der Waals surface area contributed by atoms with Crippen LogP contribution >= 0.6 is 0 Å². The minimum Gasteiger partial charge on any atom is -0.335 e. The Morgan fingerprint density at radius 1 is 1.38 bits per heavy atom. The van der Waals surface area contributed by atoms with Gasteiger partial charge in [0, 0.05) is 18.9 Å². The molecule has 0 atom stereocenters. The lowest BCUT2D eigenvalue weighted by Gasteiger charge is -2.24. The summed E-state index contributed by atoms with van der Waals surface area (Å²) in [6.07, 6.45) is 6.31. The number of hydrogen-bond acceptors (Lipinski definition) is 4. The molecule has 13 heavy (non-hydrogen) atoms. The summed E-state index contributed by atoms with van der Waals surface area (Å²) in [6.45, 7) is 3.84. The summed E-state index contributed by atoms with van der Waals surface area (Å²) in [5.74, 6) is 0.958. The lowest BCUT2D eigenvalue weighted by Crippen LogP contribution is -2.29. The van der Waals surface area contributed by atoms with Gasteiger partial charge in [-0.05, 0) is 6.42 Å². The number of aromatic nitrogens is 2. The van der Waals surface area contributed by atoms with Crippen LogP contribution in [-0.4, -0.2) is 29.4 Å². The van der Waals surface area contributed by atoms with Crippen molar-refractivity contribution in [1.29, 1.82) is 0 Å². The summed E-state index contributed by atoms with van der Waals surface area (Å²) < 4.78 is 0. The Bertz CT molecular complexity index is 321. The van der Waals surface area contributed by atoms with Crippen LogP contribution in [-0.2, 0) is 0 Å². The first-order chi connectivity index (χ1) is 6.42. The van der Waals surface area contributed by atoms with Crippen molar-refractivity contribution in [3.05, 3.63) is 18.1 Å². The molecule has 0 aliphatic carbocycles. The number of aliphatic imine (C=N–C) groups is 1. The molecule has 1 aliphatic heterocycles. The molecule has 4 heteroatoms. The first-order valence-electron chi connectivity index (χ1n) is 4.47. The zero-order valence-electron chi connectivity index (χ0n) is 7.64. The minimum atomic E-state index is 0.708. The van der Waals surface area contributed by atoms with E-state index in [4.69, 9.17) is 0 Å². The lowest BCUT2D eigenvalue weighted by atomic mass is 10.3. The van der Waals surface area contributed by atoms with Crippen LogP contribution < -0.4 is 4.90 Å². The Morgan fingerprint density at radius 2 is 2.23 bits per heavy atom. The second kappa shape index (κ2) is 3.51. The lowest BCUT2D eigenvalue weighted by molar-refractivity contribution is 0.755. The molecule has 0 fully saturated rings. The highest BCUT2D eigenvalue weighted by atomic mass is 15.3. The van der Waals surface area contributed by atoms with Gasteiger partial charge >= 0.3 is 0 Å². The van der Waals surface area contributed by atoms with E-state index in [0.29, 0.717) is 6.67 Å². The topological polar surface area (TPSA) is 41.4 Å². The van der Waals surface area contributed by atoms with E-state index < -0.39 is 0 Å². The highest BCUT2D eigenvalue weighted by Gasteiger charge is 2.14. The number of anilines is 1. The summed E-state index contributed by atoms with van der Waals surface area (Å²) in [5, 5.41) is 0. The number of rotatable bonds is 2. The minimum absolute atomic E-state index is 0.708. The first kappa shape index (κ1) is 8.16. The Balaban J connectivity index is 2.32. The van der Waals surface area contributed by atoms with E-state index in [-0.39, 0.29) is 0 Å². The molecule has 68 valence electrons. The molecule has 0 N–H and O–H groups in total. The highest BCUT2D eigenvalue weighted by Crippen LogP contribution is 2.16. The smallest absolute Gasteiger partial charge is 0.157 e. The molecule has 1 aromatic rings. The maximum atomic E-state index is 4.29. The molecule has 0 aromatic carbocycles. The van der Waals surface area contributed by atoms with Gasteiger partial charge in [-0.3, -0.25) is 4.99 Å². The average Bonchev–Trinajstić information content (AvgIpc) is 2.19. The Kier molecular flexibility index (Phi) is 2.21. The number of fused-ring (bicyclic) bond motifs is 1. The van der Waals surface area contributed by atoms with E-state index >= 15 is 0 Å². The van der Waals surface area contributed by atoms with Gasteiger partial charge in [-0.25, -0.2) is 9.97 Å². The summed E-state index contributed by atoms with van der Waals surface area (Å²) in [5.41, 5.74) is 0.877. The predicted octanol–water partition coefficient (Wildman–Crippen LogP) is 1.08. The van der Waals surface area contributed by atoms with Crippen LogP contribution in [0.5, 0.6) is 0 Å². The second-order valence-electron chi connectivity index (χ2n) is 2.98. The molecular formula is C9H12N4. The monoisotopic (exact) mass is 176 g/mol. The van der Waals surface area contributed by atoms with Gasteiger partial charge in [0.2, 0.25) is 0 Å². The molecule has 2 heterocycles. The third kappa shape index (κ3) is 1.52. The number of nitrogens with zero attached hydrogens (tertiary/aromatic N) is 4. The summed E-state index contributed by atoms with van der Waals surface area (Å²) >= 11 is 0. The van der Waals surface area contributed by atoms with Gasteiger partial charge in [-0.15, -0.1) is 0 Å². The summed E-state index contributed by atoms with van der Waals surface area (Å²) in [6, 6.07) is 0. The fraction of sp³-hybridized carbons (Fsp3) is 0.444. The van der Waals surface area contributed by atoms with Gasteiger partial charge in [-0.1, -0.05) is 6.92 Å². The predicted molar refractivity (Wildman–Crippen MR) is 52.1 cm³/mol. The molecule has 4 nitrogen and oxygen atoms in total. The van der Waals surface area contributed by atoms with Gasteiger partial charge in [0.1, 0.15) is 12.4 Å². The average molecular weight is 176 g/mol. The van der Waals surface area contributed by atoms with Crippen molar-refractivity contribution < 1.29 is 0 Å². The van der Waals surface area contributed by atoms with Crippen LogP contribution in [0.2, 0.25) is 0 Å². The van der Waals surface area contributed by atoms with Crippen molar-refractivity contribution in [2.45, 2.75) is 13.3 Å². The van der Waals surface area contributed by atoms with Crippen LogP contribution in [0.1, 0.15) is 19.0 Å². The van der Waals surface area contributed by atoms with Gasteiger partial charge in [-0.2, -0.15) is 0 Å². The quantitative estimate of drug-likeness (QED) is 0.677. The van der Waals surface area contributed by atoms with E-state index in [9.17, 15) is 0 Å². The molecule has 2 rings (SSSR count). The van der Waals surface area contributed by atoms with E-state index in [1.165, 1.54) is 0 Å². The first-order valence-corrected chi connectivity index (χ1v) is 4.47. The normalized spacial score (nSPS) is 14.4. The fourth-order valence-corrected chi connectivity index (χ4v) is 1.42. The van der Waals surface area contributed by atoms with E-state index in [2.05, 4.69) is 26.8 Å². The van der Waals surface area contributed by atoms with E-state index in [0.717, 1.165) is 24.5 Å². The van der Waals surface area contributed by atoms with Crippen molar-refractivity contribution in [1.82, 2.24) is 9.97 Å². The van der Waals surface area contributed by atoms with Gasteiger partial charge in [0.15, 0.2) is 5.82 Å². The van der Waals surface area contributed by atoms with Crippen molar-refractivity contribution in [3.8, 4) is 0 Å². The Morgan fingerprint density at radius 3 is 3.08 bits per heavy atom. The van der Waals surface area contributed by atoms with Crippen LogP contribution in [0, 0.1) is 0 Å². The van der Waals surface area contributed by atoms with Gasteiger partial charge in [0.05, 0.1) is 6.21 Å². The van der Waals surface area contributed by atoms with Crippen molar-refractivity contribution in [3.63, 3.8) is 0 Å². The van der Waals surface area contributed by atoms with Gasteiger partial charge < -0.3 is 4.90 Å². The van der Waals surface area contributed by atoms with Crippen LogP contribution in [0.3, 0.4) is 0 Å². The molecule has 0 saturated heterocycles. The van der Waals surface area contributed by atoms with Crippen molar-refractivity contribution in [2.24, 2.45) is 4.99 Å². The zero-order valence-corrected chi connectivity index (χ0v) is 7.64. The Labute approximate surface area is 77.3 Å². The van der Waals surface area contributed by atoms with Crippen molar-refractivity contribution >= 4 is 12.0 Å². The molecule has 0 saturated carbocycles. The van der Waals surface area contributed by atoms with Crippen molar-refractivity contribution in [2.75, 3.05) is 18.1 Å². The molecular weight excluding hydrogens is 164 g/mol. The molecule has 0 radical (unpaired) electrons. The summed E-state index contributed by atoms with van der Waals surface area (Å²) in [7, 11) is 0. The largest absolute Gasteiger partial charge is 0.335 e. The van der Waals surface area contributed by atoms with Crippen LogP contribution in [0.15, 0.2) is 17.4 Å². The second-order valence-corrected chi connectivity index (χ2v) is 2.98. The van der Waals surface area contributed by atoms with Crippen LogP contribution in [0.4, 0.5) is 5.82 Å². The fourth-order valence-electron chi connectivity index (χ4n) is 1.42. The third-order valence-electron chi connectivity index (χ3n) is 1.97. The molecule has 0 amide bonds. The molecule has 0 spiro atoms. The maximum Gasteiger partial charge on any atom is 0.157 e.